The van der Waals surface area contributed by atoms with Crippen LogP contribution in [0.4, 0.5) is 5.95 Å². The van der Waals surface area contributed by atoms with Crippen molar-refractivity contribution in [2.75, 3.05) is 38.2 Å². The van der Waals surface area contributed by atoms with Gasteiger partial charge in [0.15, 0.2) is 0 Å². The van der Waals surface area contributed by atoms with E-state index in [1.54, 1.807) is 25.4 Å². The molecule has 0 atom stereocenters. The van der Waals surface area contributed by atoms with E-state index in [-0.39, 0.29) is 5.91 Å². The minimum absolute atomic E-state index is 0.00525. The van der Waals surface area contributed by atoms with E-state index in [0.717, 1.165) is 31.7 Å². The van der Waals surface area contributed by atoms with Crippen molar-refractivity contribution >= 4 is 11.9 Å². The van der Waals surface area contributed by atoms with Gasteiger partial charge in [0.05, 0.1) is 7.11 Å². The lowest BCUT2D eigenvalue weighted by atomic mass is 10.2. The van der Waals surface area contributed by atoms with Crippen LogP contribution in [0.3, 0.4) is 0 Å². The summed E-state index contributed by atoms with van der Waals surface area (Å²) >= 11 is 0. The number of pyridine rings is 1. The van der Waals surface area contributed by atoms with E-state index < -0.39 is 0 Å². The van der Waals surface area contributed by atoms with E-state index in [9.17, 15) is 4.79 Å². The fourth-order valence-corrected chi connectivity index (χ4v) is 3.01. The number of anilines is 1. The Labute approximate surface area is 145 Å². The summed E-state index contributed by atoms with van der Waals surface area (Å²) in [6.45, 7) is 2.83. The summed E-state index contributed by atoms with van der Waals surface area (Å²) in [6, 6.07) is 3.39. The molecule has 1 saturated carbocycles. The fourth-order valence-electron chi connectivity index (χ4n) is 3.01. The summed E-state index contributed by atoms with van der Waals surface area (Å²) in [7, 11) is 1.54. The van der Waals surface area contributed by atoms with Gasteiger partial charge in [-0.15, -0.1) is 0 Å². The van der Waals surface area contributed by atoms with E-state index >= 15 is 0 Å². The number of aromatic nitrogens is 3. The lowest BCUT2D eigenvalue weighted by Crippen LogP contribution is -2.35. The van der Waals surface area contributed by atoms with Crippen molar-refractivity contribution in [1.82, 2.24) is 20.0 Å². The normalized spacial score (nSPS) is 18.1. The third kappa shape index (κ3) is 3.42. The molecule has 132 valence electrons. The molecule has 0 bridgehead atoms. The van der Waals surface area contributed by atoms with Crippen LogP contribution in [0.1, 0.15) is 41.4 Å². The molecule has 1 aliphatic heterocycles. The summed E-state index contributed by atoms with van der Waals surface area (Å²) in [5, 5.41) is 4.11. The minimum Gasteiger partial charge on any atom is -0.481 e. The van der Waals surface area contributed by atoms with Crippen LogP contribution in [-0.2, 0) is 0 Å². The molecule has 1 aliphatic carbocycles. The van der Waals surface area contributed by atoms with Crippen LogP contribution in [0.25, 0.3) is 0 Å². The Kier molecular flexibility index (Phi) is 4.25. The van der Waals surface area contributed by atoms with E-state index in [0.29, 0.717) is 42.9 Å². The number of amides is 1. The molecular formula is C17H21N5O3. The molecule has 2 aromatic rings. The van der Waals surface area contributed by atoms with Crippen LogP contribution in [0.5, 0.6) is 5.88 Å². The van der Waals surface area contributed by atoms with E-state index in [2.05, 4.69) is 20.0 Å². The Morgan fingerprint density at radius 3 is 2.96 bits per heavy atom. The van der Waals surface area contributed by atoms with Crippen LogP contribution < -0.4 is 9.64 Å². The third-order valence-corrected chi connectivity index (χ3v) is 4.61. The van der Waals surface area contributed by atoms with E-state index in [1.165, 1.54) is 0 Å². The molecule has 0 spiro atoms. The number of hydrogen-bond acceptors (Lipinski definition) is 7. The third-order valence-electron chi connectivity index (χ3n) is 4.61. The zero-order chi connectivity index (χ0) is 17.2. The maximum Gasteiger partial charge on any atom is 0.266 e. The Morgan fingerprint density at radius 2 is 2.16 bits per heavy atom. The lowest BCUT2D eigenvalue weighted by Gasteiger charge is -2.21. The summed E-state index contributed by atoms with van der Waals surface area (Å²) in [6.07, 6.45) is 4.73. The van der Waals surface area contributed by atoms with Gasteiger partial charge in [0.25, 0.3) is 11.9 Å². The van der Waals surface area contributed by atoms with Crippen molar-refractivity contribution in [3.05, 3.63) is 29.8 Å². The molecule has 1 amide bonds. The molecule has 2 fully saturated rings. The molecule has 8 heteroatoms. The van der Waals surface area contributed by atoms with Crippen LogP contribution in [0, 0.1) is 0 Å². The van der Waals surface area contributed by atoms with Gasteiger partial charge in [0.1, 0.15) is 0 Å². The molecule has 0 unspecified atom stereocenters. The van der Waals surface area contributed by atoms with Gasteiger partial charge >= 0.3 is 0 Å². The molecule has 2 aliphatic rings. The number of methoxy groups -OCH3 is 1. The molecular weight excluding hydrogens is 322 g/mol. The van der Waals surface area contributed by atoms with Crippen LogP contribution >= 0.6 is 0 Å². The highest BCUT2D eigenvalue weighted by atomic mass is 16.5. The Balaban J connectivity index is 1.42. The Bertz CT molecular complexity index is 758. The highest BCUT2D eigenvalue weighted by Gasteiger charge is 2.31. The number of nitrogens with zero attached hydrogens (tertiary/aromatic N) is 5. The zero-order valence-corrected chi connectivity index (χ0v) is 14.2. The number of carbonyl (C=O) groups is 1. The largest absolute Gasteiger partial charge is 0.481 e. The van der Waals surface area contributed by atoms with Gasteiger partial charge in [0.2, 0.25) is 11.8 Å². The molecule has 4 rings (SSSR count). The summed E-state index contributed by atoms with van der Waals surface area (Å²) < 4.78 is 10.4. The van der Waals surface area contributed by atoms with Gasteiger partial charge in [-0.3, -0.25) is 4.79 Å². The first-order valence-electron chi connectivity index (χ1n) is 8.62. The van der Waals surface area contributed by atoms with Gasteiger partial charge in [-0.25, -0.2) is 4.98 Å². The molecule has 3 heterocycles. The molecule has 25 heavy (non-hydrogen) atoms. The van der Waals surface area contributed by atoms with Gasteiger partial charge < -0.3 is 19.1 Å². The quantitative estimate of drug-likeness (QED) is 0.835. The highest BCUT2D eigenvalue weighted by molar-refractivity contribution is 5.94. The maximum absolute atomic E-state index is 12.7. The van der Waals surface area contributed by atoms with Crippen molar-refractivity contribution in [3.8, 4) is 5.88 Å². The second kappa shape index (κ2) is 6.70. The van der Waals surface area contributed by atoms with Crippen molar-refractivity contribution in [1.29, 1.82) is 0 Å². The van der Waals surface area contributed by atoms with E-state index in [1.807, 2.05) is 4.90 Å². The molecule has 0 N–H and O–H groups in total. The molecule has 0 aromatic carbocycles. The van der Waals surface area contributed by atoms with Crippen LogP contribution in [0.2, 0.25) is 0 Å². The standard InChI is InChI=1S/C17H21N5O3/c1-24-14-11-13(5-6-18-14)16(23)21-7-2-8-22(10-9-21)17-19-15(25-20-17)12-3-4-12/h5-6,11-12H,2-4,7-10H2,1H3. The number of hydrogen-bond donors (Lipinski definition) is 0. The monoisotopic (exact) mass is 343 g/mol. The number of carbonyl (C=O) groups excluding carboxylic acids is 1. The second-order valence-electron chi connectivity index (χ2n) is 6.43. The predicted octanol–water partition coefficient (Wildman–Crippen LogP) is 1.70. The average Bonchev–Trinajstić information content (AvgIpc) is 3.44. The molecule has 8 nitrogen and oxygen atoms in total. The first-order chi connectivity index (χ1) is 12.2. The average molecular weight is 343 g/mol. The molecule has 0 radical (unpaired) electrons. The van der Waals surface area contributed by atoms with Gasteiger partial charge in [-0.1, -0.05) is 0 Å². The Hall–Kier alpha value is -2.64. The predicted molar refractivity (Wildman–Crippen MR) is 89.8 cm³/mol. The maximum atomic E-state index is 12.7. The topological polar surface area (TPSA) is 84.6 Å². The number of ether oxygens (including phenoxy) is 1. The number of rotatable bonds is 4. The summed E-state index contributed by atoms with van der Waals surface area (Å²) in [5.74, 6) is 2.28. The van der Waals surface area contributed by atoms with Crippen molar-refractivity contribution < 1.29 is 14.1 Å². The second-order valence-corrected chi connectivity index (χ2v) is 6.43. The van der Waals surface area contributed by atoms with Crippen molar-refractivity contribution in [2.45, 2.75) is 25.2 Å². The van der Waals surface area contributed by atoms with Crippen LogP contribution in [0.15, 0.2) is 22.9 Å². The molecule has 1 saturated heterocycles. The zero-order valence-electron chi connectivity index (χ0n) is 14.2. The Morgan fingerprint density at radius 1 is 1.28 bits per heavy atom. The highest BCUT2D eigenvalue weighted by Crippen LogP contribution is 2.39. The summed E-state index contributed by atoms with van der Waals surface area (Å²) in [5.41, 5.74) is 0.593. The minimum atomic E-state index is -0.00525. The van der Waals surface area contributed by atoms with Gasteiger partial charge in [-0.05, 0) is 30.5 Å². The van der Waals surface area contributed by atoms with Gasteiger partial charge in [-0.2, -0.15) is 4.98 Å². The molecule has 2 aromatic heterocycles. The van der Waals surface area contributed by atoms with E-state index in [4.69, 9.17) is 9.26 Å². The smallest absolute Gasteiger partial charge is 0.266 e. The lowest BCUT2D eigenvalue weighted by molar-refractivity contribution is 0.0766. The van der Waals surface area contributed by atoms with Crippen LogP contribution in [-0.4, -0.2) is 59.2 Å². The summed E-state index contributed by atoms with van der Waals surface area (Å²) in [4.78, 5) is 25.2. The first-order valence-corrected chi connectivity index (χ1v) is 8.62. The first kappa shape index (κ1) is 15.9. The van der Waals surface area contributed by atoms with Crippen molar-refractivity contribution in [3.63, 3.8) is 0 Å². The van der Waals surface area contributed by atoms with Gasteiger partial charge in [0, 0.05) is 49.9 Å². The fraction of sp³-hybridized carbons (Fsp3) is 0.529. The SMILES string of the molecule is COc1cc(C(=O)N2CCCN(c3noc(C4CC4)n3)CC2)ccn1. The van der Waals surface area contributed by atoms with Crippen molar-refractivity contribution in [2.24, 2.45) is 0 Å².